The third-order valence-electron chi connectivity index (χ3n) is 3.19. The number of carbonyl (C=O) groups is 1. The molecule has 104 valence electrons. The van der Waals surface area contributed by atoms with Crippen LogP contribution in [0.15, 0.2) is 18.2 Å². The first-order chi connectivity index (χ1) is 9.54. The van der Waals surface area contributed by atoms with E-state index in [1.807, 2.05) is 18.2 Å². The van der Waals surface area contributed by atoms with Gasteiger partial charge in [0.15, 0.2) is 6.61 Å². The Kier molecular flexibility index (Phi) is 3.22. The van der Waals surface area contributed by atoms with Gasteiger partial charge in [-0.15, -0.1) is 11.3 Å². The fourth-order valence-electron chi connectivity index (χ4n) is 2.16. The van der Waals surface area contributed by atoms with E-state index in [4.69, 9.17) is 9.72 Å². The third kappa shape index (κ3) is 2.29. The molecule has 2 heterocycles. The maximum atomic E-state index is 11.4. The highest BCUT2D eigenvalue weighted by molar-refractivity contribution is 7.12. The molecule has 0 radical (unpaired) electrons. The summed E-state index contributed by atoms with van der Waals surface area (Å²) in [5.41, 5.74) is 2.72. The van der Waals surface area contributed by atoms with Gasteiger partial charge in [0.25, 0.3) is 5.91 Å². The van der Waals surface area contributed by atoms with Crippen LogP contribution in [0.2, 0.25) is 0 Å². The van der Waals surface area contributed by atoms with Gasteiger partial charge in [0.2, 0.25) is 0 Å². The highest BCUT2D eigenvalue weighted by atomic mass is 32.1. The summed E-state index contributed by atoms with van der Waals surface area (Å²) in [6, 6.07) is 5.80. The zero-order valence-corrected chi connectivity index (χ0v) is 12.5. The van der Waals surface area contributed by atoms with Gasteiger partial charge in [0.1, 0.15) is 5.75 Å². The van der Waals surface area contributed by atoms with E-state index >= 15 is 0 Å². The molecule has 1 aromatic heterocycles. The zero-order valence-electron chi connectivity index (χ0n) is 11.7. The summed E-state index contributed by atoms with van der Waals surface area (Å²) in [4.78, 5) is 17.3. The van der Waals surface area contributed by atoms with Crippen molar-refractivity contribution in [2.45, 2.75) is 26.7 Å². The smallest absolute Gasteiger partial charge is 0.262 e. The normalized spacial score (nSPS) is 13.9. The van der Waals surface area contributed by atoms with Gasteiger partial charge in [-0.25, -0.2) is 4.98 Å². The van der Waals surface area contributed by atoms with Gasteiger partial charge >= 0.3 is 0 Å². The number of hydrogen-bond donors (Lipinski definition) is 1. The molecule has 1 aliphatic heterocycles. The van der Waals surface area contributed by atoms with Gasteiger partial charge in [0, 0.05) is 16.4 Å². The highest BCUT2D eigenvalue weighted by Crippen LogP contribution is 2.36. The van der Waals surface area contributed by atoms with Crippen molar-refractivity contribution >= 4 is 22.9 Å². The molecule has 3 rings (SSSR count). The van der Waals surface area contributed by atoms with Crippen LogP contribution in [-0.2, 0) is 4.79 Å². The second kappa shape index (κ2) is 4.90. The molecule has 0 bridgehead atoms. The SMILES string of the molecule is Cc1sc(C(C)C)nc1-c1ccc2c(c1)NC(=O)CO2. The lowest BCUT2D eigenvalue weighted by Crippen LogP contribution is -2.25. The number of aromatic nitrogens is 1. The lowest BCUT2D eigenvalue weighted by atomic mass is 10.1. The first kappa shape index (κ1) is 13.1. The minimum Gasteiger partial charge on any atom is -0.482 e. The van der Waals surface area contributed by atoms with Crippen molar-refractivity contribution in [3.63, 3.8) is 0 Å². The van der Waals surface area contributed by atoms with Crippen LogP contribution in [0, 0.1) is 6.92 Å². The fourth-order valence-corrected chi connectivity index (χ4v) is 3.11. The number of carbonyl (C=O) groups excluding carboxylic acids is 1. The Morgan fingerprint density at radius 2 is 2.20 bits per heavy atom. The minimum absolute atomic E-state index is 0.0829. The first-order valence-corrected chi connectivity index (χ1v) is 7.40. The van der Waals surface area contributed by atoms with Gasteiger partial charge in [-0.1, -0.05) is 13.8 Å². The molecule has 0 aliphatic carbocycles. The van der Waals surface area contributed by atoms with Crippen LogP contribution < -0.4 is 10.1 Å². The van der Waals surface area contributed by atoms with Crippen LogP contribution >= 0.6 is 11.3 Å². The van der Waals surface area contributed by atoms with E-state index in [9.17, 15) is 4.79 Å². The molecule has 1 N–H and O–H groups in total. The Morgan fingerprint density at radius 1 is 1.40 bits per heavy atom. The second-order valence-electron chi connectivity index (χ2n) is 5.16. The van der Waals surface area contributed by atoms with Crippen LogP contribution in [0.5, 0.6) is 5.75 Å². The zero-order chi connectivity index (χ0) is 14.3. The molecular formula is C15H16N2O2S. The van der Waals surface area contributed by atoms with E-state index in [-0.39, 0.29) is 12.5 Å². The monoisotopic (exact) mass is 288 g/mol. The Labute approximate surface area is 121 Å². The Morgan fingerprint density at radius 3 is 2.90 bits per heavy atom. The number of anilines is 1. The summed E-state index contributed by atoms with van der Waals surface area (Å²) in [5, 5.41) is 3.97. The van der Waals surface area contributed by atoms with Crippen LogP contribution in [0.4, 0.5) is 5.69 Å². The fraction of sp³-hybridized carbons (Fsp3) is 0.333. The maximum absolute atomic E-state index is 11.4. The number of fused-ring (bicyclic) bond motifs is 1. The van der Waals surface area contributed by atoms with E-state index in [2.05, 4.69) is 26.1 Å². The number of benzene rings is 1. The molecule has 1 aliphatic rings. The van der Waals surface area contributed by atoms with Gasteiger partial charge < -0.3 is 10.1 Å². The molecule has 0 unspecified atom stereocenters. The Bertz CT molecular complexity index is 677. The third-order valence-corrected chi connectivity index (χ3v) is 4.46. The molecule has 0 fully saturated rings. The average Bonchev–Trinajstić information content (AvgIpc) is 2.80. The average molecular weight is 288 g/mol. The number of nitrogens with zero attached hydrogens (tertiary/aromatic N) is 1. The van der Waals surface area contributed by atoms with E-state index in [0.717, 1.165) is 22.0 Å². The predicted octanol–water partition coefficient (Wildman–Crippen LogP) is 3.57. The van der Waals surface area contributed by atoms with Crippen LogP contribution in [0.3, 0.4) is 0 Å². The maximum Gasteiger partial charge on any atom is 0.262 e. The molecule has 4 nitrogen and oxygen atoms in total. The van der Waals surface area contributed by atoms with Gasteiger partial charge in [-0.05, 0) is 25.1 Å². The molecule has 0 spiro atoms. The summed E-state index contributed by atoms with van der Waals surface area (Å²) in [5.74, 6) is 1.02. The number of nitrogens with one attached hydrogen (secondary N) is 1. The number of hydrogen-bond acceptors (Lipinski definition) is 4. The van der Waals surface area contributed by atoms with Crippen molar-refractivity contribution in [2.75, 3.05) is 11.9 Å². The molecular weight excluding hydrogens is 272 g/mol. The largest absolute Gasteiger partial charge is 0.482 e. The number of rotatable bonds is 2. The molecule has 1 amide bonds. The Hall–Kier alpha value is -1.88. The second-order valence-corrected chi connectivity index (χ2v) is 6.39. The van der Waals surface area contributed by atoms with Crippen molar-refractivity contribution in [2.24, 2.45) is 0 Å². The summed E-state index contributed by atoms with van der Waals surface area (Å²) < 4.78 is 5.37. The number of aryl methyl sites for hydroxylation is 1. The predicted molar refractivity (Wildman–Crippen MR) is 80.5 cm³/mol. The summed E-state index contributed by atoms with van der Waals surface area (Å²) in [6.45, 7) is 6.44. The van der Waals surface area contributed by atoms with Gasteiger partial charge in [0.05, 0.1) is 16.4 Å². The topological polar surface area (TPSA) is 51.2 Å². The molecule has 0 saturated carbocycles. The van der Waals surface area contributed by atoms with Crippen molar-refractivity contribution in [3.8, 4) is 17.0 Å². The van der Waals surface area contributed by atoms with Gasteiger partial charge in [-0.2, -0.15) is 0 Å². The number of amides is 1. The number of thiazole rings is 1. The lowest BCUT2D eigenvalue weighted by Gasteiger charge is -2.18. The molecule has 20 heavy (non-hydrogen) atoms. The van der Waals surface area contributed by atoms with E-state index in [1.54, 1.807) is 11.3 Å². The molecule has 2 aromatic rings. The van der Waals surface area contributed by atoms with Crippen LogP contribution in [0.25, 0.3) is 11.3 Å². The summed E-state index contributed by atoms with van der Waals surface area (Å²) in [7, 11) is 0. The summed E-state index contributed by atoms with van der Waals surface area (Å²) in [6.07, 6.45) is 0. The molecule has 1 aromatic carbocycles. The van der Waals surface area contributed by atoms with Gasteiger partial charge in [-0.3, -0.25) is 4.79 Å². The molecule has 0 saturated heterocycles. The lowest BCUT2D eigenvalue weighted by molar-refractivity contribution is -0.118. The van der Waals surface area contributed by atoms with Crippen LogP contribution in [-0.4, -0.2) is 17.5 Å². The molecule has 0 atom stereocenters. The highest BCUT2D eigenvalue weighted by Gasteiger charge is 2.18. The quantitative estimate of drug-likeness (QED) is 0.919. The minimum atomic E-state index is -0.118. The standard InChI is InChI=1S/C15H16N2O2S/c1-8(2)15-17-14(9(3)20-15)10-4-5-12-11(6-10)16-13(18)7-19-12/h4-6,8H,7H2,1-3H3,(H,16,18). The van der Waals surface area contributed by atoms with E-state index in [0.29, 0.717) is 11.7 Å². The van der Waals surface area contributed by atoms with E-state index < -0.39 is 0 Å². The Balaban J connectivity index is 2.02. The molecule has 5 heteroatoms. The van der Waals surface area contributed by atoms with Crippen molar-refractivity contribution in [1.82, 2.24) is 4.98 Å². The summed E-state index contributed by atoms with van der Waals surface area (Å²) >= 11 is 1.73. The van der Waals surface area contributed by atoms with Crippen molar-refractivity contribution < 1.29 is 9.53 Å². The first-order valence-electron chi connectivity index (χ1n) is 6.59. The van der Waals surface area contributed by atoms with Crippen molar-refractivity contribution in [3.05, 3.63) is 28.1 Å². The van der Waals surface area contributed by atoms with Crippen LogP contribution in [0.1, 0.15) is 29.7 Å². The number of ether oxygens (including phenoxy) is 1. The van der Waals surface area contributed by atoms with Crippen molar-refractivity contribution in [1.29, 1.82) is 0 Å². The van der Waals surface area contributed by atoms with E-state index in [1.165, 1.54) is 4.88 Å².